The van der Waals surface area contributed by atoms with Gasteiger partial charge in [0.05, 0.1) is 18.2 Å². The maximum atomic E-state index is 12.7. The van der Waals surface area contributed by atoms with Gasteiger partial charge in [0.25, 0.3) is 0 Å². The monoisotopic (exact) mass is 414 g/mol. The van der Waals surface area contributed by atoms with Gasteiger partial charge in [0.2, 0.25) is 5.91 Å². The number of anilines is 1. The Hall–Kier alpha value is -3.27. The highest BCUT2D eigenvalue weighted by atomic mass is 16.5. The summed E-state index contributed by atoms with van der Waals surface area (Å²) in [7, 11) is 0. The third-order valence-electron chi connectivity index (χ3n) is 5.75. The van der Waals surface area contributed by atoms with Gasteiger partial charge < -0.3 is 15.0 Å². The first-order valence-electron chi connectivity index (χ1n) is 11.0. The van der Waals surface area contributed by atoms with Gasteiger partial charge in [0.15, 0.2) is 0 Å². The van der Waals surface area contributed by atoms with Crippen molar-refractivity contribution in [1.29, 1.82) is 0 Å². The van der Waals surface area contributed by atoms with E-state index in [9.17, 15) is 4.79 Å². The van der Waals surface area contributed by atoms with E-state index < -0.39 is 0 Å². The summed E-state index contributed by atoms with van der Waals surface area (Å²) in [6.45, 7) is 4.06. The molecule has 0 spiro atoms. The van der Waals surface area contributed by atoms with Gasteiger partial charge in [-0.2, -0.15) is 0 Å². The lowest BCUT2D eigenvalue weighted by Crippen LogP contribution is -2.45. The lowest BCUT2D eigenvalue weighted by Gasteiger charge is -2.38. The Morgan fingerprint density at radius 2 is 1.71 bits per heavy atom. The Kier molecular flexibility index (Phi) is 6.88. The molecular formula is C27H30N2O2. The van der Waals surface area contributed by atoms with Crippen LogP contribution in [-0.4, -0.2) is 25.1 Å². The number of hydrogen-bond acceptors (Lipinski definition) is 3. The van der Waals surface area contributed by atoms with Gasteiger partial charge in [0.1, 0.15) is 12.4 Å². The van der Waals surface area contributed by atoms with Crippen molar-refractivity contribution in [3.8, 4) is 5.75 Å². The lowest BCUT2D eigenvalue weighted by molar-refractivity contribution is -0.121. The first-order chi connectivity index (χ1) is 15.2. The molecule has 0 aromatic heterocycles. The van der Waals surface area contributed by atoms with E-state index in [0.29, 0.717) is 19.6 Å². The minimum Gasteiger partial charge on any atom is -0.489 e. The zero-order valence-corrected chi connectivity index (χ0v) is 18.1. The number of para-hydroxylation sites is 2. The highest BCUT2D eigenvalue weighted by molar-refractivity contribution is 5.77. The van der Waals surface area contributed by atoms with E-state index in [1.165, 1.54) is 16.7 Å². The molecule has 160 valence electrons. The van der Waals surface area contributed by atoms with Crippen LogP contribution in [0.2, 0.25) is 0 Å². The fraction of sp³-hybridized carbons (Fsp3) is 0.296. The van der Waals surface area contributed by atoms with Crippen molar-refractivity contribution >= 4 is 11.6 Å². The number of nitrogens with zero attached hydrogens (tertiary/aromatic N) is 1. The summed E-state index contributed by atoms with van der Waals surface area (Å²) in [5, 5.41) is 3.09. The van der Waals surface area contributed by atoms with E-state index in [0.717, 1.165) is 30.8 Å². The molecule has 3 aromatic carbocycles. The van der Waals surface area contributed by atoms with Gasteiger partial charge in [-0.05, 0) is 43.0 Å². The minimum absolute atomic E-state index is 0.00493. The standard InChI is InChI=1S/C27H30N2O2/c1-21-13-15-23(16-14-21)19-29-24(20-31-26-12-6-5-11-25(26)29)18-27(30)28-17-7-10-22-8-3-2-4-9-22/h2-6,8-9,11-16,24H,7,10,17-20H2,1H3,(H,28,30)/t24-/m0/s1. The summed E-state index contributed by atoms with van der Waals surface area (Å²) in [6.07, 6.45) is 2.33. The number of aryl methyl sites for hydroxylation is 2. The van der Waals surface area contributed by atoms with Crippen molar-refractivity contribution in [2.24, 2.45) is 0 Å². The fourth-order valence-corrected chi connectivity index (χ4v) is 4.01. The van der Waals surface area contributed by atoms with Crippen LogP contribution in [0.5, 0.6) is 5.75 Å². The number of ether oxygens (including phenoxy) is 1. The van der Waals surface area contributed by atoms with Crippen LogP contribution in [0.15, 0.2) is 78.9 Å². The maximum Gasteiger partial charge on any atom is 0.222 e. The summed E-state index contributed by atoms with van der Waals surface area (Å²) >= 11 is 0. The van der Waals surface area contributed by atoms with E-state index in [1.807, 2.05) is 24.3 Å². The third-order valence-corrected chi connectivity index (χ3v) is 5.75. The lowest BCUT2D eigenvalue weighted by atomic mass is 10.1. The van der Waals surface area contributed by atoms with Crippen LogP contribution >= 0.6 is 0 Å². The maximum absolute atomic E-state index is 12.7. The van der Waals surface area contributed by atoms with Crippen LogP contribution in [0.25, 0.3) is 0 Å². The number of fused-ring (bicyclic) bond motifs is 1. The largest absolute Gasteiger partial charge is 0.489 e. The van der Waals surface area contributed by atoms with Gasteiger partial charge in [-0.1, -0.05) is 72.3 Å². The first kappa shape index (κ1) is 21.0. The van der Waals surface area contributed by atoms with E-state index in [4.69, 9.17) is 4.74 Å². The average Bonchev–Trinajstić information content (AvgIpc) is 2.80. The molecule has 1 aliphatic rings. The van der Waals surface area contributed by atoms with Gasteiger partial charge in [0, 0.05) is 13.1 Å². The molecule has 0 saturated heterocycles. The minimum atomic E-state index is 0.00493. The van der Waals surface area contributed by atoms with E-state index in [-0.39, 0.29) is 11.9 Å². The predicted molar refractivity (Wildman–Crippen MR) is 125 cm³/mol. The van der Waals surface area contributed by atoms with Crippen molar-refractivity contribution in [2.75, 3.05) is 18.1 Å². The molecule has 1 N–H and O–H groups in total. The Labute approximate surface area is 184 Å². The zero-order chi connectivity index (χ0) is 21.5. The summed E-state index contributed by atoms with van der Waals surface area (Å²) < 4.78 is 5.99. The van der Waals surface area contributed by atoms with Crippen LogP contribution in [0.1, 0.15) is 29.5 Å². The highest BCUT2D eigenvalue weighted by Crippen LogP contribution is 2.35. The molecule has 4 rings (SSSR count). The van der Waals surface area contributed by atoms with Crippen molar-refractivity contribution in [3.63, 3.8) is 0 Å². The number of rotatable bonds is 8. The van der Waals surface area contributed by atoms with Crippen LogP contribution in [0, 0.1) is 6.92 Å². The number of hydrogen-bond donors (Lipinski definition) is 1. The molecule has 1 atom stereocenters. The highest BCUT2D eigenvalue weighted by Gasteiger charge is 2.29. The Morgan fingerprint density at radius 1 is 0.968 bits per heavy atom. The van der Waals surface area contributed by atoms with E-state index in [2.05, 4.69) is 71.7 Å². The number of nitrogens with one attached hydrogen (secondary N) is 1. The molecule has 3 aromatic rings. The van der Waals surface area contributed by atoms with Crippen molar-refractivity contribution in [1.82, 2.24) is 5.32 Å². The van der Waals surface area contributed by atoms with Crippen molar-refractivity contribution in [3.05, 3.63) is 95.6 Å². The SMILES string of the molecule is Cc1ccc(CN2c3ccccc3OC[C@@H]2CC(=O)NCCCc2ccccc2)cc1. The van der Waals surface area contributed by atoms with Gasteiger partial charge in [-0.3, -0.25) is 4.79 Å². The summed E-state index contributed by atoms with van der Waals surface area (Å²) in [4.78, 5) is 15.0. The third kappa shape index (κ3) is 5.66. The number of carbonyl (C=O) groups excluding carboxylic acids is 1. The second kappa shape index (κ2) is 10.2. The molecule has 1 amide bonds. The normalized spacial score (nSPS) is 15.1. The van der Waals surface area contributed by atoms with Crippen LogP contribution in [0.4, 0.5) is 5.69 Å². The molecule has 0 bridgehead atoms. The smallest absolute Gasteiger partial charge is 0.222 e. The number of amides is 1. The van der Waals surface area contributed by atoms with Crippen LogP contribution in [0.3, 0.4) is 0 Å². The quantitative estimate of drug-likeness (QED) is 0.533. The van der Waals surface area contributed by atoms with Gasteiger partial charge in [-0.15, -0.1) is 0 Å². The molecule has 0 saturated carbocycles. The molecule has 0 aliphatic carbocycles. The Morgan fingerprint density at radius 3 is 2.52 bits per heavy atom. The number of carbonyl (C=O) groups is 1. The summed E-state index contributed by atoms with van der Waals surface area (Å²) in [5.41, 5.74) is 4.84. The zero-order valence-electron chi connectivity index (χ0n) is 18.1. The molecule has 4 nitrogen and oxygen atoms in total. The molecule has 31 heavy (non-hydrogen) atoms. The molecule has 0 radical (unpaired) electrons. The van der Waals surface area contributed by atoms with Crippen LogP contribution < -0.4 is 15.0 Å². The fourth-order valence-electron chi connectivity index (χ4n) is 4.01. The number of benzene rings is 3. The van der Waals surface area contributed by atoms with E-state index in [1.54, 1.807) is 0 Å². The average molecular weight is 415 g/mol. The molecular weight excluding hydrogens is 384 g/mol. The predicted octanol–water partition coefficient (Wildman–Crippen LogP) is 4.90. The molecule has 4 heteroatoms. The van der Waals surface area contributed by atoms with Crippen LogP contribution in [-0.2, 0) is 17.8 Å². The van der Waals surface area contributed by atoms with Crippen molar-refractivity contribution in [2.45, 2.75) is 38.8 Å². The molecule has 0 unspecified atom stereocenters. The molecule has 0 fully saturated rings. The summed E-state index contributed by atoms with van der Waals surface area (Å²) in [6, 6.07) is 27.1. The molecule has 1 heterocycles. The van der Waals surface area contributed by atoms with Crippen molar-refractivity contribution < 1.29 is 9.53 Å². The van der Waals surface area contributed by atoms with Gasteiger partial charge in [-0.25, -0.2) is 0 Å². The molecule has 1 aliphatic heterocycles. The summed E-state index contributed by atoms with van der Waals surface area (Å²) in [5.74, 6) is 0.962. The van der Waals surface area contributed by atoms with Gasteiger partial charge >= 0.3 is 0 Å². The Balaban J connectivity index is 1.37. The second-order valence-corrected chi connectivity index (χ2v) is 8.19. The van der Waals surface area contributed by atoms with E-state index >= 15 is 0 Å². The Bertz CT molecular complexity index is 986. The first-order valence-corrected chi connectivity index (χ1v) is 11.0. The second-order valence-electron chi connectivity index (χ2n) is 8.19. The topological polar surface area (TPSA) is 41.6 Å².